The van der Waals surface area contributed by atoms with Crippen LogP contribution in [-0.4, -0.2) is 12.1 Å². The monoisotopic (exact) mass is 256 g/mol. The molecule has 0 spiro atoms. The van der Waals surface area contributed by atoms with E-state index >= 15 is 0 Å². The zero-order chi connectivity index (χ0) is 10.7. The Balaban J connectivity index is 2.82. The molecule has 0 aliphatic carbocycles. The summed E-state index contributed by atoms with van der Waals surface area (Å²) in [5.74, 6) is 0. The summed E-state index contributed by atoms with van der Waals surface area (Å²) in [4.78, 5) is 0. The Bertz CT molecular complexity index is 310. The molecule has 14 heavy (non-hydrogen) atoms. The predicted octanol–water partition coefficient (Wildman–Crippen LogP) is 2.91. The molecule has 1 rings (SSSR count). The van der Waals surface area contributed by atoms with Gasteiger partial charge in [-0.05, 0) is 48.3 Å². The largest absolute Gasteiger partial charge is 0.380 e. The molecule has 0 saturated heterocycles. The van der Waals surface area contributed by atoms with E-state index < -0.39 is 0 Å². The quantitative estimate of drug-likeness (QED) is 0.873. The Morgan fingerprint density at radius 1 is 1.36 bits per heavy atom. The summed E-state index contributed by atoms with van der Waals surface area (Å²) in [6.07, 6.45) is 0. The summed E-state index contributed by atoms with van der Waals surface area (Å²) < 4.78 is 1.12. The van der Waals surface area contributed by atoms with Crippen LogP contribution in [0.4, 0.5) is 5.69 Å². The smallest absolute Gasteiger partial charge is 0.0489 e. The highest BCUT2D eigenvalue weighted by Gasteiger charge is 2.09. The summed E-state index contributed by atoms with van der Waals surface area (Å²) in [7, 11) is 0. The normalized spacial score (nSPS) is 14.9. The SMILES string of the molecule is Cc1cccc(NC(C)C(C)N)c1Br. The summed E-state index contributed by atoms with van der Waals surface area (Å²) in [5.41, 5.74) is 8.13. The number of nitrogens with two attached hydrogens (primary N) is 1. The minimum absolute atomic E-state index is 0.141. The standard InChI is InChI=1S/C11H17BrN2/c1-7-5-4-6-10(11(7)12)14-9(3)8(2)13/h4-6,8-9,14H,13H2,1-3H3. The lowest BCUT2D eigenvalue weighted by Gasteiger charge is -2.20. The van der Waals surface area contributed by atoms with E-state index in [1.165, 1.54) is 5.56 Å². The van der Waals surface area contributed by atoms with E-state index in [1.807, 2.05) is 13.0 Å². The number of hydrogen-bond acceptors (Lipinski definition) is 2. The summed E-state index contributed by atoms with van der Waals surface area (Å²) >= 11 is 3.55. The molecule has 2 atom stereocenters. The van der Waals surface area contributed by atoms with Crippen LogP contribution in [-0.2, 0) is 0 Å². The minimum Gasteiger partial charge on any atom is -0.380 e. The first-order valence-corrected chi connectivity index (χ1v) is 5.59. The van der Waals surface area contributed by atoms with Crippen molar-refractivity contribution in [2.75, 3.05) is 5.32 Å². The third kappa shape index (κ3) is 2.72. The average Bonchev–Trinajstić information content (AvgIpc) is 2.12. The molecule has 3 heteroatoms. The fourth-order valence-electron chi connectivity index (χ4n) is 1.14. The van der Waals surface area contributed by atoms with Crippen molar-refractivity contribution in [3.8, 4) is 0 Å². The molecule has 0 amide bonds. The molecule has 0 bridgehead atoms. The highest BCUT2D eigenvalue weighted by Crippen LogP contribution is 2.26. The fraction of sp³-hybridized carbons (Fsp3) is 0.455. The van der Waals surface area contributed by atoms with E-state index in [4.69, 9.17) is 5.73 Å². The number of nitrogens with one attached hydrogen (secondary N) is 1. The van der Waals surface area contributed by atoms with Crippen LogP contribution in [0.2, 0.25) is 0 Å². The zero-order valence-corrected chi connectivity index (χ0v) is 10.4. The van der Waals surface area contributed by atoms with Crippen molar-refractivity contribution >= 4 is 21.6 Å². The topological polar surface area (TPSA) is 38.0 Å². The van der Waals surface area contributed by atoms with Gasteiger partial charge in [0.15, 0.2) is 0 Å². The highest BCUT2D eigenvalue weighted by atomic mass is 79.9. The Kier molecular flexibility index (Phi) is 3.96. The molecule has 0 fully saturated rings. The van der Waals surface area contributed by atoms with E-state index in [2.05, 4.69) is 47.2 Å². The number of anilines is 1. The highest BCUT2D eigenvalue weighted by molar-refractivity contribution is 9.10. The van der Waals surface area contributed by atoms with E-state index in [9.17, 15) is 0 Å². The van der Waals surface area contributed by atoms with Crippen LogP contribution in [0.1, 0.15) is 19.4 Å². The number of hydrogen-bond donors (Lipinski definition) is 2. The molecule has 3 N–H and O–H groups in total. The van der Waals surface area contributed by atoms with Crippen LogP contribution in [0.15, 0.2) is 22.7 Å². The molecular formula is C11H17BrN2. The third-order valence-corrected chi connectivity index (χ3v) is 3.42. The van der Waals surface area contributed by atoms with E-state index in [0.29, 0.717) is 0 Å². The van der Waals surface area contributed by atoms with Gasteiger partial charge >= 0.3 is 0 Å². The Labute approximate surface area is 94.0 Å². The first-order chi connectivity index (χ1) is 6.52. The second-order valence-electron chi connectivity index (χ2n) is 3.73. The van der Waals surface area contributed by atoms with Crippen LogP contribution >= 0.6 is 15.9 Å². The van der Waals surface area contributed by atoms with Crippen molar-refractivity contribution in [2.45, 2.75) is 32.9 Å². The van der Waals surface area contributed by atoms with Crippen LogP contribution in [0.25, 0.3) is 0 Å². The van der Waals surface area contributed by atoms with Crippen LogP contribution in [0.3, 0.4) is 0 Å². The van der Waals surface area contributed by atoms with E-state index in [1.54, 1.807) is 0 Å². The molecule has 1 aromatic rings. The molecule has 2 unspecified atom stereocenters. The molecule has 0 aliphatic rings. The number of halogens is 1. The maximum Gasteiger partial charge on any atom is 0.0489 e. The van der Waals surface area contributed by atoms with Crippen molar-refractivity contribution in [1.82, 2.24) is 0 Å². The minimum atomic E-state index is 0.141. The molecular weight excluding hydrogens is 240 g/mol. The van der Waals surface area contributed by atoms with Gasteiger partial charge in [-0.2, -0.15) is 0 Å². The molecule has 0 aliphatic heterocycles. The molecule has 2 nitrogen and oxygen atoms in total. The third-order valence-electron chi connectivity index (χ3n) is 2.36. The van der Waals surface area contributed by atoms with Gasteiger partial charge in [0, 0.05) is 22.2 Å². The van der Waals surface area contributed by atoms with Gasteiger partial charge < -0.3 is 11.1 Å². The van der Waals surface area contributed by atoms with E-state index in [0.717, 1.165) is 10.2 Å². The Morgan fingerprint density at radius 2 is 2.00 bits per heavy atom. The molecule has 0 heterocycles. The van der Waals surface area contributed by atoms with Gasteiger partial charge in [-0.15, -0.1) is 0 Å². The summed E-state index contributed by atoms with van der Waals surface area (Å²) in [6, 6.07) is 6.58. The predicted molar refractivity (Wildman–Crippen MR) is 65.6 cm³/mol. The van der Waals surface area contributed by atoms with Gasteiger partial charge in [-0.25, -0.2) is 0 Å². The maximum absolute atomic E-state index is 5.79. The zero-order valence-electron chi connectivity index (χ0n) is 8.84. The van der Waals surface area contributed by atoms with Crippen LogP contribution in [0.5, 0.6) is 0 Å². The lowest BCUT2D eigenvalue weighted by Crippen LogP contribution is -2.35. The van der Waals surface area contributed by atoms with Crippen molar-refractivity contribution < 1.29 is 0 Å². The van der Waals surface area contributed by atoms with Gasteiger partial charge in [0.25, 0.3) is 0 Å². The van der Waals surface area contributed by atoms with Gasteiger partial charge in [-0.3, -0.25) is 0 Å². The van der Waals surface area contributed by atoms with E-state index in [-0.39, 0.29) is 12.1 Å². The second-order valence-corrected chi connectivity index (χ2v) is 4.52. The van der Waals surface area contributed by atoms with Gasteiger partial charge in [0.2, 0.25) is 0 Å². The van der Waals surface area contributed by atoms with Crippen molar-refractivity contribution in [2.24, 2.45) is 5.73 Å². The number of rotatable bonds is 3. The van der Waals surface area contributed by atoms with Crippen LogP contribution in [0, 0.1) is 6.92 Å². The molecule has 78 valence electrons. The lowest BCUT2D eigenvalue weighted by atomic mass is 10.1. The van der Waals surface area contributed by atoms with Crippen molar-refractivity contribution in [3.05, 3.63) is 28.2 Å². The van der Waals surface area contributed by atoms with Crippen LogP contribution < -0.4 is 11.1 Å². The van der Waals surface area contributed by atoms with Gasteiger partial charge in [-0.1, -0.05) is 12.1 Å². The first-order valence-electron chi connectivity index (χ1n) is 4.79. The molecule has 0 radical (unpaired) electrons. The summed E-state index contributed by atoms with van der Waals surface area (Å²) in [6.45, 7) is 6.16. The van der Waals surface area contributed by atoms with Crippen molar-refractivity contribution in [1.29, 1.82) is 0 Å². The lowest BCUT2D eigenvalue weighted by molar-refractivity contribution is 0.638. The molecule has 1 aromatic carbocycles. The average molecular weight is 257 g/mol. The number of benzene rings is 1. The first kappa shape index (κ1) is 11.5. The van der Waals surface area contributed by atoms with Gasteiger partial charge in [0.1, 0.15) is 0 Å². The number of aryl methyl sites for hydroxylation is 1. The second kappa shape index (κ2) is 4.80. The Hall–Kier alpha value is -0.540. The molecule has 0 saturated carbocycles. The fourth-order valence-corrected chi connectivity index (χ4v) is 1.51. The van der Waals surface area contributed by atoms with Gasteiger partial charge in [0.05, 0.1) is 0 Å². The maximum atomic E-state index is 5.79. The molecule has 0 aromatic heterocycles. The van der Waals surface area contributed by atoms with Crippen molar-refractivity contribution in [3.63, 3.8) is 0 Å². The Morgan fingerprint density at radius 3 is 2.57 bits per heavy atom. The summed E-state index contributed by atoms with van der Waals surface area (Å²) in [5, 5.41) is 3.38.